The van der Waals surface area contributed by atoms with Gasteiger partial charge in [0, 0.05) is 16.6 Å². The average Bonchev–Trinajstić information content (AvgIpc) is 2.86. The van der Waals surface area contributed by atoms with Crippen LogP contribution < -0.4 is 10.1 Å². The van der Waals surface area contributed by atoms with Gasteiger partial charge < -0.3 is 10.1 Å². The fraction of sp³-hybridized carbons (Fsp3) is 0.357. The Hall–Kier alpha value is -1.10. The van der Waals surface area contributed by atoms with Crippen LogP contribution in [-0.4, -0.2) is 18.6 Å². The van der Waals surface area contributed by atoms with Crippen molar-refractivity contribution in [1.29, 1.82) is 0 Å². The molecular formula is C14H17ClN2OS. The van der Waals surface area contributed by atoms with Crippen molar-refractivity contribution in [2.45, 2.75) is 19.4 Å². The van der Waals surface area contributed by atoms with Gasteiger partial charge in [-0.2, -0.15) is 0 Å². The lowest BCUT2D eigenvalue weighted by molar-refractivity contribution is 0.387. The molecule has 0 aromatic carbocycles. The lowest BCUT2D eigenvalue weighted by atomic mass is 10.1. The first-order valence-electron chi connectivity index (χ1n) is 6.23. The largest absolute Gasteiger partial charge is 0.481 e. The molecule has 0 saturated carbocycles. The van der Waals surface area contributed by atoms with Crippen LogP contribution in [0.25, 0.3) is 0 Å². The fourth-order valence-electron chi connectivity index (χ4n) is 1.93. The van der Waals surface area contributed by atoms with E-state index in [9.17, 15) is 0 Å². The zero-order valence-corrected chi connectivity index (χ0v) is 12.6. The molecule has 0 amide bonds. The molecule has 2 aromatic rings. The molecule has 0 radical (unpaired) electrons. The third-order valence-corrected chi connectivity index (χ3v) is 4.08. The number of nitrogens with zero attached hydrogens (tertiary/aromatic N) is 1. The zero-order valence-electron chi connectivity index (χ0n) is 11.0. The van der Waals surface area contributed by atoms with E-state index in [0.717, 1.165) is 22.9 Å². The second-order valence-corrected chi connectivity index (χ2v) is 5.88. The second-order valence-electron chi connectivity index (χ2n) is 4.13. The molecule has 3 nitrogen and oxygen atoms in total. The molecule has 0 aliphatic heterocycles. The van der Waals surface area contributed by atoms with Gasteiger partial charge in [0.05, 0.1) is 17.5 Å². The van der Waals surface area contributed by atoms with Crippen LogP contribution >= 0.6 is 22.9 Å². The molecule has 1 atom stereocenters. The Kier molecular flexibility index (Phi) is 5.19. The van der Waals surface area contributed by atoms with Crippen LogP contribution in [0, 0.1) is 0 Å². The first-order chi connectivity index (χ1) is 9.26. The summed E-state index contributed by atoms with van der Waals surface area (Å²) >= 11 is 7.62. The standard InChI is InChI=1S/C14H17ClN2OS/c1-3-8-16-13(11-6-7-12(15)19-11)10-5-4-9-17-14(10)18-2/h4-7,9,13,16H,3,8H2,1-2H3. The molecule has 0 saturated heterocycles. The Bertz CT molecular complexity index is 530. The summed E-state index contributed by atoms with van der Waals surface area (Å²) in [4.78, 5) is 5.44. The zero-order chi connectivity index (χ0) is 13.7. The molecule has 0 spiro atoms. The van der Waals surface area contributed by atoms with E-state index in [1.165, 1.54) is 4.88 Å². The molecule has 2 heterocycles. The van der Waals surface area contributed by atoms with Crippen molar-refractivity contribution >= 4 is 22.9 Å². The minimum Gasteiger partial charge on any atom is -0.481 e. The van der Waals surface area contributed by atoms with Gasteiger partial charge in [-0.05, 0) is 31.2 Å². The summed E-state index contributed by atoms with van der Waals surface area (Å²) in [5.74, 6) is 0.653. The summed E-state index contributed by atoms with van der Waals surface area (Å²) in [6.45, 7) is 3.07. The highest BCUT2D eigenvalue weighted by atomic mass is 35.5. The van der Waals surface area contributed by atoms with Crippen LogP contribution in [0.1, 0.15) is 29.8 Å². The molecule has 2 aromatic heterocycles. The molecule has 0 fully saturated rings. The van der Waals surface area contributed by atoms with E-state index in [4.69, 9.17) is 16.3 Å². The predicted molar refractivity (Wildman–Crippen MR) is 80.3 cm³/mol. The van der Waals surface area contributed by atoms with Crippen LogP contribution in [0.3, 0.4) is 0 Å². The first-order valence-corrected chi connectivity index (χ1v) is 7.43. The third-order valence-electron chi connectivity index (χ3n) is 2.78. The highest BCUT2D eigenvalue weighted by Crippen LogP contribution is 2.34. The number of hydrogen-bond donors (Lipinski definition) is 1. The van der Waals surface area contributed by atoms with Crippen LogP contribution in [0.4, 0.5) is 0 Å². The van der Waals surface area contributed by atoms with E-state index in [-0.39, 0.29) is 6.04 Å². The average molecular weight is 297 g/mol. The minimum absolute atomic E-state index is 0.0705. The number of ether oxygens (including phenoxy) is 1. The van der Waals surface area contributed by atoms with Crippen molar-refractivity contribution < 1.29 is 4.74 Å². The van der Waals surface area contributed by atoms with Crippen molar-refractivity contribution in [1.82, 2.24) is 10.3 Å². The molecule has 0 aliphatic carbocycles. The van der Waals surface area contributed by atoms with Crippen molar-refractivity contribution in [2.75, 3.05) is 13.7 Å². The summed E-state index contributed by atoms with van der Waals surface area (Å²) < 4.78 is 6.15. The van der Waals surface area contributed by atoms with E-state index in [0.29, 0.717) is 5.88 Å². The smallest absolute Gasteiger partial charge is 0.218 e. The van der Waals surface area contributed by atoms with Crippen LogP contribution in [-0.2, 0) is 0 Å². The SMILES string of the molecule is CCCNC(c1ccc(Cl)s1)c1cccnc1OC. The summed E-state index contributed by atoms with van der Waals surface area (Å²) in [5, 5.41) is 3.52. The summed E-state index contributed by atoms with van der Waals surface area (Å²) in [6.07, 6.45) is 2.80. The minimum atomic E-state index is 0.0705. The third kappa shape index (κ3) is 3.47. The van der Waals surface area contributed by atoms with Gasteiger partial charge in [0.2, 0.25) is 5.88 Å². The molecule has 5 heteroatoms. The van der Waals surface area contributed by atoms with Crippen molar-refractivity contribution in [2.24, 2.45) is 0 Å². The molecule has 2 rings (SSSR count). The second kappa shape index (κ2) is 6.89. The first kappa shape index (κ1) is 14.3. The molecule has 19 heavy (non-hydrogen) atoms. The van der Waals surface area contributed by atoms with Crippen LogP contribution in [0.2, 0.25) is 4.34 Å². The number of rotatable bonds is 6. The van der Waals surface area contributed by atoms with E-state index in [2.05, 4.69) is 17.2 Å². The van der Waals surface area contributed by atoms with Gasteiger partial charge in [0.1, 0.15) is 0 Å². The van der Waals surface area contributed by atoms with Crippen LogP contribution in [0.15, 0.2) is 30.5 Å². The molecule has 1 unspecified atom stereocenters. The predicted octanol–water partition coefficient (Wildman–Crippen LogP) is 3.89. The lowest BCUT2D eigenvalue weighted by Gasteiger charge is -2.19. The number of methoxy groups -OCH3 is 1. The Morgan fingerprint density at radius 1 is 1.42 bits per heavy atom. The number of halogens is 1. The maximum Gasteiger partial charge on any atom is 0.218 e. The van der Waals surface area contributed by atoms with Gasteiger partial charge in [-0.25, -0.2) is 4.98 Å². The van der Waals surface area contributed by atoms with Crippen molar-refractivity contribution in [3.8, 4) is 5.88 Å². The molecule has 0 aliphatic rings. The number of hydrogen-bond acceptors (Lipinski definition) is 4. The number of nitrogens with one attached hydrogen (secondary N) is 1. The van der Waals surface area contributed by atoms with Gasteiger partial charge in [-0.15, -0.1) is 11.3 Å². The summed E-state index contributed by atoms with van der Waals surface area (Å²) in [6, 6.07) is 8.00. The Labute approximate surface area is 122 Å². The van der Waals surface area contributed by atoms with Gasteiger partial charge in [0.15, 0.2) is 0 Å². The maximum atomic E-state index is 6.04. The topological polar surface area (TPSA) is 34.2 Å². The van der Waals surface area contributed by atoms with E-state index in [1.807, 2.05) is 24.3 Å². The number of aromatic nitrogens is 1. The summed E-state index contributed by atoms with van der Waals surface area (Å²) in [5.41, 5.74) is 1.04. The monoisotopic (exact) mass is 296 g/mol. The van der Waals surface area contributed by atoms with Crippen molar-refractivity contribution in [3.05, 3.63) is 45.2 Å². The molecule has 102 valence electrons. The van der Waals surface area contributed by atoms with E-state index in [1.54, 1.807) is 24.6 Å². The lowest BCUT2D eigenvalue weighted by Crippen LogP contribution is -2.23. The van der Waals surface area contributed by atoms with Crippen molar-refractivity contribution in [3.63, 3.8) is 0 Å². The Balaban J connectivity index is 2.36. The Morgan fingerprint density at radius 3 is 2.89 bits per heavy atom. The van der Waals surface area contributed by atoms with Gasteiger partial charge in [-0.1, -0.05) is 24.6 Å². The summed E-state index contributed by atoms with van der Waals surface area (Å²) in [7, 11) is 1.64. The normalized spacial score (nSPS) is 12.4. The van der Waals surface area contributed by atoms with Gasteiger partial charge >= 0.3 is 0 Å². The van der Waals surface area contributed by atoms with Gasteiger partial charge in [-0.3, -0.25) is 0 Å². The highest BCUT2D eigenvalue weighted by molar-refractivity contribution is 7.16. The van der Waals surface area contributed by atoms with Crippen LogP contribution in [0.5, 0.6) is 5.88 Å². The van der Waals surface area contributed by atoms with E-state index >= 15 is 0 Å². The Morgan fingerprint density at radius 2 is 2.26 bits per heavy atom. The van der Waals surface area contributed by atoms with E-state index < -0.39 is 0 Å². The molecule has 1 N–H and O–H groups in total. The number of thiophene rings is 1. The maximum absolute atomic E-state index is 6.04. The quantitative estimate of drug-likeness (QED) is 0.878. The van der Waals surface area contributed by atoms with Gasteiger partial charge in [0.25, 0.3) is 0 Å². The molecule has 0 bridgehead atoms. The number of pyridine rings is 1. The highest BCUT2D eigenvalue weighted by Gasteiger charge is 2.19. The molecular weight excluding hydrogens is 280 g/mol. The fourth-order valence-corrected chi connectivity index (χ4v) is 3.09.